The summed E-state index contributed by atoms with van der Waals surface area (Å²) in [5, 5.41) is 21.6. The van der Waals surface area contributed by atoms with E-state index in [1.54, 1.807) is 6.07 Å². The minimum atomic E-state index is -2.06. The molecule has 1 aliphatic heterocycles. The minimum Gasteiger partial charge on any atom is -0.508 e. The number of phenols is 1. The first-order valence-corrected chi connectivity index (χ1v) is 13.9. The predicted octanol–water partition coefficient (Wildman–Crippen LogP) is 1.47. The number of benzene rings is 1. The number of nitrogens with zero attached hydrogens (tertiary/aromatic N) is 1. The second-order valence-corrected chi connectivity index (χ2v) is 17.5. The summed E-state index contributed by atoms with van der Waals surface area (Å²) in [6.07, 6.45) is 0. The predicted molar refractivity (Wildman–Crippen MR) is 86.4 cm³/mol. The lowest BCUT2D eigenvalue weighted by Gasteiger charge is -2.25. The Morgan fingerprint density at radius 2 is 1.38 bits per heavy atom. The molecular formula is C14H21NO4Si2. The van der Waals surface area contributed by atoms with Gasteiger partial charge < -0.3 is 5.11 Å². The molecule has 0 radical (unpaired) electrons. The number of amides is 2. The van der Waals surface area contributed by atoms with Crippen molar-refractivity contribution in [3.63, 3.8) is 0 Å². The van der Waals surface area contributed by atoms with Crippen LogP contribution in [0.4, 0.5) is 0 Å². The van der Waals surface area contributed by atoms with Crippen LogP contribution in [-0.4, -0.2) is 43.3 Å². The molecule has 0 fully saturated rings. The van der Waals surface area contributed by atoms with Gasteiger partial charge in [0.15, 0.2) is 0 Å². The fourth-order valence-electron chi connectivity index (χ4n) is 2.76. The van der Waals surface area contributed by atoms with Gasteiger partial charge in [0.1, 0.15) is 5.75 Å². The Hall–Kier alpha value is -1.45. The van der Waals surface area contributed by atoms with Crippen molar-refractivity contribution in [1.29, 1.82) is 0 Å². The number of imide groups is 1. The lowest BCUT2D eigenvalue weighted by atomic mass is 10.1. The summed E-state index contributed by atoms with van der Waals surface area (Å²) in [7, 11) is -4.02. The summed E-state index contributed by atoms with van der Waals surface area (Å²) >= 11 is 0. The molecule has 114 valence electrons. The molecule has 1 heterocycles. The highest BCUT2D eigenvalue weighted by atomic mass is 28.3. The maximum atomic E-state index is 12.3. The first-order valence-electron chi connectivity index (χ1n) is 6.86. The van der Waals surface area contributed by atoms with E-state index in [-0.39, 0.29) is 21.9 Å². The fourth-order valence-corrected chi connectivity index (χ4v) is 6.13. The van der Waals surface area contributed by atoms with Crippen molar-refractivity contribution >= 4 is 38.3 Å². The normalized spacial score (nSPS) is 15.7. The molecule has 0 aromatic heterocycles. The number of hydroxylamine groups is 2. The number of phenolic OH excluding ortho intramolecular Hbond substituents is 1. The van der Waals surface area contributed by atoms with Gasteiger partial charge in [-0.15, -0.1) is 5.06 Å². The molecule has 2 N–H and O–H groups in total. The zero-order chi connectivity index (χ0) is 16.3. The van der Waals surface area contributed by atoms with Crippen molar-refractivity contribution in [2.45, 2.75) is 39.3 Å². The lowest BCUT2D eigenvalue weighted by Crippen LogP contribution is -2.47. The topological polar surface area (TPSA) is 77.8 Å². The van der Waals surface area contributed by atoms with Crippen LogP contribution in [0.25, 0.3) is 0 Å². The van der Waals surface area contributed by atoms with Gasteiger partial charge in [0, 0.05) is 0 Å². The Labute approximate surface area is 126 Å². The first-order chi connectivity index (χ1) is 9.37. The third-order valence-electron chi connectivity index (χ3n) is 3.68. The van der Waals surface area contributed by atoms with E-state index in [9.17, 15) is 19.9 Å². The number of rotatable bonds is 2. The van der Waals surface area contributed by atoms with Crippen LogP contribution in [0.5, 0.6) is 5.75 Å². The molecule has 1 aliphatic rings. The maximum absolute atomic E-state index is 12.3. The third-order valence-corrected chi connectivity index (χ3v) is 7.69. The summed E-state index contributed by atoms with van der Waals surface area (Å²) in [6.45, 7) is 12.1. The monoisotopic (exact) mass is 323 g/mol. The van der Waals surface area contributed by atoms with E-state index in [1.165, 1.54) is 0 Å². The quantitative estimate of drug-likeness (QED) is 0.491. The second kappa shape index (κ2) is 4.52. The molecular weight excluding hydrogens is 302 g/mol. The number of aromatic hydroxyl groups is 1. The highest BCUT2D eigenvalue weighted by molar-refractivity contribution is 6.92. The fraction of sp³-hybridized carbons (Fsp3) is 0.429. The van der Waals surface area contributed by atoms with Crippen LogP contribution in [0.1, 0.15) is 20.7 Å². The van der Waals surface area contributed by atoms with Crippen LogP contribution >= 0.6 is 0 Å². The smallest absolute Gasteiger partial charge is 0.285 e. The van der Waals surface area contributed by atoms with Crippen LogP contribution in [0, 0.1) is 0 Å². The summed E-state index contributed by atoms with van der Waals surface area (Å²) in [5.41, 5.74) is 0.496. The number of hydrogen-bond donors (Lipinski definition) is 2. The molecule has 2 rings (SSSR count). The van der Waals surface area contributed by atoms with Gasteiger partial charge in [0.2, 0.25) is 0 Å². The van der Waals surface area contributed by atoms with Gasteiger partial charge in [0.25, 0.3) is 11.8 Å². The zero-order valence-corrected chi connectivity index (χ0v) is 15.2. The molecule has 21 heavy (non-hydrogen) atoms. The highest BCUT2D eigenvalue weighted by Crippen LogP contribution is 2.27. The van der Waals surface area contributed by atoms with Crippen molar-refractivity contribution in [2.75, 3.05) is 0 Å². The molecule has 0 atom stereocenters. The molecule has 0 saturated carbocycles. The first kappa shape index (κ1) is 15.9. The van der Waals surface area contributed by atoms with E-state index >= 15 is 0 Å². The lowest BCUT2D eigenvalue weighted by molar-refractivity contribution is -0.0326. The van der Waals surface area contributed by atoms with Gasteiger partial charge in [-0.05, 0) is 16.4 Å². The Bertz CT molecular complexity index is 656. The molecule has 5 nitrogen and oxygen atoms in total. The second-order valence-electron chi connectivity index (χ2n) is 7.49. The minimum absolute atomic E-state index is 0.0711. The summed E-state index contributed by atoms with van der Waals surface area (Å²) in [5.74, 6) is -1.32. The molecule has 0 bridgehead atoms. The summed E-state index contributed by atoms with van der Waals surface area (Å²) in [6, 6.07) is 1.63. The van der Waals surface area contributed by atoms with Gasteiger partial charge >= 0.3 is 0 Å². The molecule has 7 heteroatoms. The molecule has 1 aromatic carbocycles. The van der Waals surface area contributed by atoms with E-state index in [2.05, 4.69) is 0 Å². The van der Waals surface area contributed by atoms with E-state index in [4.69, 9.17) is 0 Å². The molecule has 2 amide bonds. The summed E-state index contributed by atoms with van der Waals surface area (Å²) in [4.78, 5) is 24.6. The van der Waals surface area contributed by atoms with Gasteiger partial charge in [-0.2, -0.15) is 0 Å². The zero-order valence-electron chi connectivity index (χ0n) is 13.2. The summed E-state index contributed by atoms with van der Waals surface area (Å²) < 4.78 is 0. The van der Waals surface area contributed by atoms with Crippen molar-refractivity contribution in [3.8, 4) is 5.75 Å². The molecule has 1 aromatic rings. The van der Waals surface area contributed by atoms with Gasteiger partial charge in [-0.1, -0.05) is 39.3 Å². The standard InChI is InChI=1S/C14H21NO4Si2/c1-20(2,3)9-7-8(16)12(21(4,5)6)11-10(9)13(17)15(19)14(11)18/h7,16,19H,1-6H3. The van der Waals surface area contributed by atoms with Crippen molar-refractivity contribution in [3.05, 3.63) is 17.2 Å². The van der Waals surface area contributed by atoms with Crippen molar-refractivity contribution < 1.29 is 19.9 Å². The molecule has 0 aliphatic carbocycles. The van der Waals surface area contributed by atoms with E-state index < -0.39 is 28.0 Å². The number of carbonyl (C=O) groups is 2. The number of fused-ring (bicyclic) bond motifs is 1. The maximum Gasteiger partial charge on any atom is 0.285 e. The van der Waals surface area contributed by atoms with Crippen molar-refractivity contribution in [2.24, 2.45) is 0 Å². The van der Waals surface area contributed by atoms with Crippen molar-refractivity contribution in [1.82, 2.24) is 5.06 Å². The highest BCUT2D eigenvalue weighted by Gasteiger charge is 2.44. The Morgan fingerprint density at radius 1 is 0.905 bits per heavy atom. The Kier molecular flexibility index (Phi) is 3.43. The van der Waals surface area contributed by atoms with Gasteiger partial charge in [-0.3, -0.25) is 14.8 Å². The van der Waals surface area contributed by atoms with Gasteiger partial charge in [0.05, 0.1) is 27.3 Å². The molecule has 0 spiro atoms. The van der Waals surface area contributed by atoms with E-state index in [0.29, 0.717) is 10.4 Å². The number of carbonyl (C=O) groups excluding carboxylic acids is 2. The van der Waals surface area contributed by atoms with Crippen LogP contribution in [0.15, 0.2) is 6.07 Å². The molecule has 0 unspecified atom stereocenters. The van der Waals surface area contributed by atoms with Crippen LogP contribution in [0.2, 0.25) is 39.3 Å². The Morgan fingerprint density at radius 3 is 1.81 bits per heavy atom. The van der Waals surface area contributed by atoms with E-state index in [1.807, 2.05) is 39.3 Å². The molecule has 0 saturated heterocycles. The largest absolute Gasteiger partial charge is 0.508 e. The number of hydrogen-bond acceptors (Lipinski definition) is 4. The van der Waals surface area contributed by atoms with Crippen LogP contribution < -0.4 is 10.4 Å². The van der Waals surface area contributed by atoms with Gasteiger partial charge in [-0.25, -0.2) is 0 Å². The Balaban J connectivity index is 2.96. The third kappa shape index (κ3) is 2.35. The average Bonchev–Trinajstić information content (AvgIpc) is 2.51. The SMILES string of the molecule is C[Si](C)(C)c1cc(O)c([Si](C)(C)C)c2c1C(=O)N(O)C2=O. The van der Waals surface area contributed by atoms with E-state index in [0.717, 1.165) is 0 Å². The average molecular weight is 323 g/mol. The van der Waals surface area contributed by atoms with Crippen LogP contribution in [-0.2, 0) is 0 Å². The van der Waals surface area contributed by atoms with Crippen LogP contribution in [0.3, 0.4) is 0 Å².